The van der Waals surface area contributed by atoms with Crippen LogP contribution in [0.25, 0.3) is 0 Å². The Hall–Kier alpha value is -2.04. The Morgan fingerprint density at radius 3 is 2.44 bits per heavy atom. The van der Waals surface area contributed by atoms with Crippen molar-refractivity contribution in [2.24, 2.45) is 11.8 Å². The zero-order valence-corrected chi connectivity index (χ0v) is 15.2. The van der Waals surface area contributed by atoms with Crippen molar-refractivity contribution in [2.75, 3.05) is 16.8 Å². The van der Waals surface area contributed by atoms with Gasteiger partial charge in [-0.2, -0.15) is 0 Å². The third-order valence-corrected chi connectivity index (χ3v) is 5.02. The summed E-state index contributed by atoms with van der Waals surface area (Å²) in [6.07, 6.45) is 0.565. The molecule has 130 valence electrons. The Balaban J connectivity index is 1.64. The van der Waals surface area contributed by atoms with Gasteiger partial charge in [-0.3, -0.25) is 9.59 Å². The summed E-state index contributed by atoms with van der Waals surface area (Å²) in [5.41, 5.74) is 1.43. The molecule has 3 rings (SSSR count). The number of benzene rings is 2. The van der Waals surface area contributed by atoms with Crippen molar-refractivity contribution < 1.29 is 9.59 Å². The van der Waals surface area contributed by atoms with Crippen LogP contribution < -0.4 is 10.2 Å². The number of amides is 2. The predicted octanol–water partition coefficient (Wildman–Crippen LogP) is 4.62. The molecule has 1 saturated carbocycles. The monoisotopic (exact) mass is 376 g/mol. The van der Waals surface area contributed by atoms with Crippen molar-refractivity contribution in [3.05, 3.63) is 58.6 Å². The number of anilines is 2. The molecule has 0 aliphatic heterocycles. The maximum absolute atomic E-state index is 12.7. The largest absolute Gasteiger partial charge is 0.326 e. The van der Waals surface area contributed by atoms with Gasteiger partial charge in [0.15, 0.2) is 0 Å². The van der Waals surface area contributed by atoms with Crippen LogP contribution in [0.15, 0.2) is 48.5 Å². The van der Waals surface area contributed by atoms with Crippen molar-refractivity contribution in [3.63, 3.8) is 0 Å². The molecule has 2 amide bonds. The van der Waals surface area contributed by atoms with Crippen LogP contribution in [0.1, 0.15) is 13.3 Å². The van der Waals surface area contributed by atoms with Crippen LogP contribution in [-0.4, -0.2) is 18.4 Å². The summed E-state index contributed by atoms with van der Waals surface area (Å²) in [7, 11) is 0. The Morgan fingerprint density at radius 1 is 1.08 bits per heavy atom. The average Bonchev–Trinajstić information content (AvgIpc) is 3.40. The first-order valence-corrected chi connectivity index (χ1v) is 8.89. The second-order valence-corrected chi connectivity index (χ2v) is 6.80. The molecule has 0 saturated heterocycles. The van der Waals surface area contributed by atoms with Crippen molar-refractivity contribution in [2.45, 2.75) is 13.3 Å². The van der Waals surface area contributed by atoms with Crippen LogP contribution in [-0.2, 0) is 9.59 Å². The van der Waals surface area contributed by atoms with E-state index in [1.807, 2.05) is 37.3 Å². The second-order valence-electron chi connectivity index (χ2n) is 5.98. The molecular weight excluding hydrogens is 359 g/mol. The van der Waals surface area contributed by atoms with E-state index in [0.717, 1.165) is 5.69 Å². The van der Waals surface area contributed by atoms with Crippen LogP contribution in [0.5, 0.6) is 0 Å². The molecular formula is C19H18Cl2N2O2. The number of hydrogen-bond acceptors (Lipinski definition) is 2. The lowest BCUT2D eigenvalue weighted by atomic mass is 10.2. The number of halogens is 2. The Labute approximate surface area is 156 Å². The van der Waals surface area contributed by atoms with Crippen molar-refractivity contribution in [3.8, 4) is 0 Å². The maximum atomic E-state index is 12.7. The van der Waals surface area contributed by atoms with Gasteiger partial charge >= 0.3 is 0 Å². The van der Waals surface area contributed by atoms with Gasteiger partial charge < -0.3 is 10.2 Å². The summed E-state index contributed by atoms with van der Waals surface area (Å²) >= 11 is 11.8. The minimum absolute atomic E-state index is 0.0111. The molecule has 0 heterocycles. The highest BCUT2D eigenvalue weighted by atomic mass is 35.5. The fourth-order valence-electron chi connectivity index (χ4n) is 2.84. The van der Waals surface area contributed by atoms with E-state index in [1.165, 1.54) is 0 Å². The molecule has 1 aliphatic rings. The molecule has 0 spiro atoms. The molecule has 1 aliphatic carbocycles. The fraction of sp³-hybridized carbons (Fsp3) is 0.263. The van der Waals surface area contributed by atoms with Gasteiger partial charge in [0.25, 0.3) is 0 Å². The third-order valence-electron chi connectivity index (χ3n) is 4.28. The summed E-state index contributed by atoms with van der Waals surface area (Å²) in [6.45, 7) is 2.50. The van der Waals surface area contributed by atoms with E-state index < -0.39 is 0 Å². The smallest absolute Gasteiger partial charge is 0.230 e. The topological polar surface area (TPSA) is 49.4 Å². The first-order valence-electron chi connectivity index (χ1n) is 8.13. The van der Waals surface area contributed by atoms with E-state index in [4.69, 9.17) is 23.2 Å². The molecule has 1 fully saturated rings. The molecule has 2 aromatic rings. The number of carbonyl (C=O) groups excluding carboxylic acids is 2. The van der Waals surface area contributed by atoms with Gasteiger partial charge in [-0.05, 0) is 43.7 Å². The van der Waals surface area contributed by atoms with Crippen molar-refractivity contribution in [1.82, 2.24) is 0 Å². The molecule has 0 radical (unpaired) electrons. The van der Waals surface area contributed by atoms with Crippen molar-refractivity contribution in [1.29, 1.82) is 0 Å². The standard InChI is InChI=1S/C19H18Cl2N2O2/c1-2-23(13-6-4-3-5-7-13)19(25)15-11-14(15)18(24)22-12-8-9-16(20)17(21)10-12/h3-10,14-15H,2,11H2,1H3,(H,22,24). The van der Waals surface area contributed by atoms with Gasteiger partial charge in [-0.25, -0.2) is 0 Å². The predicted molar refractivity (Wildman–Crippen MR) is 101 cm³/mol. The summed E-state index contributed by atoms with van der Waals surface area (Å²) in [4.78, 5) is 26.8. The molecule has 2 aromatic carbocycles. The summed E-state index contributed by atoms with van der Waals surface area (Å²) in [5.74, 6) is -0.758. The summed E-state index contributed by atoms with van der Waals surface area (Å²) in [5, 5.41) is 3.61. The quantitative estimate of drug-likeness (QED) is 0.827. The Kier molecular flexibility index (Phi) is 5.30. The highest BCUT2D eigenvalue weighted by Gasteiger charge is 2.49. The number of carbonyl (C=O) groups is 2. The molecule has 0 bridgehead atoms. The lowest BCUT2D eigenvalue weighted by Gasteiger charge is -2.21. The summed E-state index contributed by atoms with van der Waals surface area (Å²) in [6, 6.07) is 14.4. The molecule has 2 unspecified atom stereocenters. The molecule has 4 nitrogen and oxygen atoms in total. The molecule has 1 N–H and O–H groups in total. The fourth-order valence-corrected chi connectivity index (χ4v) is 3.14. The third kappa shape index (κ3) is 3.97. The van der Waals surface area contributed by atoms with E-state index >= 15 is 0 Å². The number of rotatable bonds is 5. The van der Waals surface area contributed by atoms with Gasteiger partial charge in [-0.1, -0.05) is 41.4 Å². The molecule has 25 heavy (non-hydrogen) atoms. The van der Waals surface area contributed by atoms with Crippen LogP contribution in [0.3, 0.4) is 0 Å². The minimum atomic E-state index is -0.306. The average molecular weight is 377 g/mol. The highest BCUT2D eigenvalue weighted by molar-refractivity contribution is 6.42. The van der Waals surface area contributed by atoms with E-state index in [1.54, 1.807) is 23.1 Å². The van der Waals surface area contributed by atoms with Gasteiger partial charge in [-0.15, -0.1) is 0 Å². The molecule has 6 heteroatoms. The van der Waals surface area contributed by atoms with Crippen LogP contribution >= 0.6 is 23.2 Å². The minimum Gasteiger partial charge on any atom is -0.326 e. The van der Waals surface area contributed by atoms with Crippen LogP contribution in [0, 0.1) is 11.8 Å². The molecule has 0 aromatic heterocycles. The van der Waals surface area contributed by atoms with E-state index in [-0.39, 0.29) is 23.7 Å². The second kappa shape index (κ2) is 7.46. The highest BCUT2D eigenvalue weighted by Crippen LogP contribution is 2.41. The van der Waals surface area contributed by atoms with Crippen molar-refractivity contribution >= 4 is 46.4 Å². The number of nitrogens with zero attached hydrogens (tertiary/aromatic N) is 1. The summed E-state index contributed by atoms with van der Waals surface area (Å²) < 4.78 is 0. The van der Waals surface area contributed by atoms with Gasteiger partial charge in [0.05, 0.1) is 21.9 Å². The van der Waals surface area contributed by atoms with Gasteiger partial charge in [0.2, 0.25) is 11.8 Å². The first-order chi connectivity index (χ1) is 12.0. The lowest BCUT2D eigenvalue weighted by molar-refractivity contribution is -0.123. The van der Waals surface area contributed by atoms with Crippen LogP contribution in [0.4, 0.5) is 11.4 Å². The first kappa shape index (κ1) is 17.8. The van der Waals surface area contributed by atoms with Crippen LogP contribution in [0.2, 0.25) is 10.0 Å². The normalized spacial score (nSPS) is 18.5. The lowest BCUT2D eigenvalue weighted by Crippen LogP contribution is -2.33. The number of para-hydroxylation sites is 1. The number of nitrogens with one attached hydrogen (secondary N) is 1. The Bertz CT molecular complexity index is 795. The zero-order valence-electron chi connectivity index (χ0n) is 13.7. The molecule has 2 atom stereocenters. The van der Waals surface area contributed by atoms with Gasteiger partial charge in [0, 0.05) is 17.9 Å². The van der Waals surface area contributed by atoms with E-state index in [0.29, 0.717) is 28.7 Å². The zero-order chi connectivity index (χ0) is 18.0. The number of hydrogen-bond donors (Lipinski definition) is 1. The maximum Gasteiger partial charge on any atom is 0.230 e. The van der Waals surface area contributed by atoms with E-state index in [2.05, 4.69) is 5.32 Å². The van der Waals surface area contributed by atoms with Gasteiger partial charge in [0.1, 0.15) is 0 Å². The van der Waals surface area contributed by atoms with E-state index in [9.17, 15) is 9.59 Å². The SMILES string of the molecule is CCN(C(=O)C1CC1C(=O)Nc1ccc(Cl)c(Cl)c1)c1ccccc1. The Morgan fingerprint density at radius 2 is 1.80 bits per heavy atom.